The first-order valence-corrected chi connectivity index (χ1v) is 5.01. The van der Waals surface area contributed by atoms with Gasteiger partial charge in [0.1, 0.15) is 0 Å². The van der Waals surface area contributed by atoms with Gasteiger partial charge in [-0.25, -0.2) is 0 Å². The van der Waals surface area contributed by atoms with Crippen LogP contribution in [0.2, 0.25) is 0 Å². The maximum Gasteiger partial charge on any atom is 0.0725 e. The number of benzene rings is 1. The number of pyridine rings is 1. The monoisotopic (exact) mass is 184 g/mol. The van der Waals surface area contributed by atoms with Crippen molar-refractivity contribution in [1.82, 2.24) is 4.98 Å². The third-order valence-electron chi connectivity index (χ3n) is 3.02. The number of aryl methyl sites for hydroxylation is 2. The molecule has 0 spiro atoms. The summed E-state index contributed by atoms with van der Waals surface area (Å²) in [5.41, 5.74) is 10.8. The minimum absolute atomic E-state index is 0.869. The van der Waals surface area contributed by atoms with Crippen LogP contribution in [0.15, 0.2) is 24.4 Å². The molecule has 0 fully saturated rings. The summed E-state index contributed by atoms with van der Waals surface area (Å²) in [6.07, 6.45) is 5.38. The highest BCUT2D eigenvalue weighted by Crippen LogP contribution is 2.31. The highest BCUT2D eigenvalue weighted by atomic mass is 14.7. The lowest BCUT2D eigenvalue weighted by molar-refractivity contribution is 0.913. The molecule has 2 aromatic rings. The van der Waals surface area contributed by atoms with Crippen LogP contribution in [-0.4, -0.2) is 4.98 Å². The number of fused-ring (bicyclic) bond motifs is 3. The SMILES string of the molecule is Nc1ccnc2ccc3c(c12)CCC3. The van der Waals surface area contributed by atoms with Crippen molar-refractivity contribution in [3.8, 4) is 0 Å². The first-order valence-electron chi connectivity index (χ1n) is 5.01. The maximum atomic E-state index is 5.99. The normalized spacial score (nSPS) is 14.6. The number of rotatable bonds is 0. The Morgan fingerprint density at radius 3 is 3.00 bits per heavy atom. The number of aromatic nitrogens is 1. The van der Waals surface area contributed by atoms with Gasteiger partial charge in [-0.2, -0.15) is 0 Å². The fraction of sp³-hybridized carbons (Fsp3) is 0.250. The lowest BCUT2D eigenvalue weighted by Crippen LogP contribution is -1.93. The van der Waals surface area contributed by atoms with E-state index in [1.165, 1.54) is 29.4 Å². The summed E-state index contributed by atoms with van der Waals surface area (Å²) in [6, 6.07) is 6.16. The molecule has 0 bridgehead atoms. The van der Waals surface area contributed by atoms with Crippen LogP contribution >= 0.6 is 0 Å². The Morgan fingerprint density at radius 2 is 2.07 bits per heavy atom. The van der Waals surface area contributed by atoms with E-state index >= 15 is 0 Å². The smallest absolute Gasteiger partial charge is 0.0725 e. The highest BCUT2D eigenvalue weighted by Gasteiger charge is 2.15. The quantitative estimate of drug-likeness (QED) is 0.682. The molecule has 2 N–H and O–H groups in total. The Kier molecular flexibility index (Phi) is 1.51. The van der Waals surface area contributed by atoms with Crippen LogP contribution in [0, 0.1) is 0 Å². The van der Waals surface area contributed by atoms with Crippen LogP contribution in [0.1, 0.15) is 17.5 Å². The number of nitrogens with zero attached hydrogens (tertiary/aromatic N) is 1. The molecular weight excluding hydrogens is 172 g/mol. The van der Waals surface area contributed by atoms with E-state index in [-0.39, 0.29) is 0 Å². The Labute approximate surface area is 82.8 Å². The zero-order valence-corrected chi connectivity index (χ0v) is 7.96. The van der Waals surface area contributed by atoms with Crippen LogP contribution in [0.3, 0.4) is 0 Å². The average molecular weight is 184 g/mol. The summed E-state index contributed by atoms with van der Waals surface area (Å²) >= 11 is 0. The molecule has 70 valence electrons. The lowest BCUT2D eigenvalue weighted by Gasteiger charge is -2.06. The van der Waals surface area contributed by atoms with Gasteiger partial charge in [0.2, 0.25) is 0 Å². The molecule has 2 nitrogen and oxygen atoms in total. The summed E-state index contributed by atoms with van der Waals surface area (Å²) < 4.78 is 0. The molecule has 0 saturated carbocycles. The summed E-state index contributed by atoms with van der Waals surface area (Å²) in [4.78, 5) is 4.34. The van der Waals surface area contributed by atoms with Gasteiger partial charge in [0.15, 0.2) is 0 Å². The zero-order valence-electron chi connectivity index (χ0n) is 7.96. The third-order valence-corrected chi connectivity index (χ3v) is 3.02. The summed E-state index contributed by atoms with van der Waals surface area (Å²) in [5, 5.41) is 1.18. The molecule has 0 aliphatic heterocycles. The van der Waals surface area contributed by atoms with Gasteiger partial charge < -0.3 is 5.73 Å². The Hall–Kier alpha value is -1.57. The van der Waals surface area contributed by atoms with E-state index in [9.17, 15) is 0 Å². The molecule has 1 aliphatic rings. The Balaban J connectivity index is 2.47. The standard InChI is InChI=1S/C12H12N2/c13-10-6-7-14-11-5-4-8-2-1-3-9(8)12(10)11/h4-7H,1-3H2,(H2,13,14). The molecule has 1 aromatic heterocycles. The van der Waals surface area contributed by atoms with Crippen molar-refractivity contribution >= 4 is 16.6 Å². The molecule has 0 atom stereocenters. The van der Waals surface area contributed by atoms with Crippen LogP contribution < -0.4 is 5.73 Å². The average Bonchev–Trinajstić information content (AvgIpc) is 2.65. The van der Waals surface area contributed by atoms with Crippen molar-refractivity contribution in [2.45, 2.75) is 19.3 Å². The van der Waals surface area contributed by atoms with E-state index in [2.05, 4.69) is 17.1 Å². The fourth-order valence-electron chi connectivity index (χ4n) is 2.36. The molecular formula is C12H12N2. The van der Waals surface area contributed by atoms with E-state index in [4.69, 9.17) is 5.73 Å². The molecule has 2 heteroatoms. The van der Waals surface area contributed by atoms with Gasteiger partial charge in [-0.05, 0) is 42.5 Å². The number of nitrogen functional groups attached to an aromatic ring is 1. The predicted molar refractivity (Wildman–Crippen MR) is 58.2 cm³/mol. The van der Waals surface area contributed by atoms with Crippen LogP contribution in [0.5, 0.6) is 0 Å². The second-order valence-corrected chi connectivity index (χ2v) is 3.85. The molecule has 1 aromatic carbocycles. The molecule has 0 amide bonds. The second-order valence-electron chi connectivity index (χ2n) is 3.85. The van der Waals surface area contributed by atoms with Crippen molar-refractivity contribution in [2.75, 3.05) is 5.73 Å². The van der Waals surface area contributed by atoms with E-state index in [0.717, 1.165) is 17.6 Å². The lowest BCUT2D eigenvalue weighted by atomic mass is 10.0. The Bertz CT molecular complexity index is 503. The van der Waals surface area contributed by atoms with Gasteiger partial charge in [-0.15, -0.1) is 0 Å². The number of hydrogen-bond acceptors (Lipinski definition) is 2. The van der Waals surface area contributed by atoms with Crippen molar-refractivity contribution in [3.05, 3.63) is 35.5 Å². The first kappa shape index (κ1) is 7.80. The van der Waals surface area contributed by atoms with Crippen molar-refractivity contribution in [2.24, 2.45) is 0 Å². The number of nitrogens with two attached hydrogens (primary N) is 1. The first-order chi connectivity index (χ1) is 6.86. The van der Waals surface area contributed by atoms with Crippen molar-refractivity contribution < 1.29 is 0 Å². The van der Waals surface area contributed by atoms with Gasteiger partial charge in [0.25, 0.3) is 0 Å². The van der Waals surface area contributed by atoms with Gasteiger partial charge >= 0.3 is 0 Å². The topological polar surface area (TPSA) is 38.9 Å². The largest absolute Gasteiger partial charge is 0.398 e. The van der Waals surface area contributed by atoms with E-state index in [1.54, 1.807) is 6.20 Å². The van der Waals surface area contributed by atoms with E-state index in [1.807, 2.05) is 6.07 Å². The van der Waals surface area contributed by atoms with Crippen LogP contribution in [-0.2, 0) is 12.8 Å². The maximum absolute atomic E-state index is 5.99. The predicted octanol–water partition coefficient (Wildman–Crippen LogP) is 2.31. The summed E-state index contributed by atoms with van der Waals surface area (Å²) in [7, 11) is 0. The van der Waals surface area contributed by atoms with Gasteiger partial charge in [-0.3, -0.25) is 4.98 Å². The summed E-state index contributed by atoms with van der Waals surface area (Å²) in [5.74, 6) is 0. The minimum atomic E-state index is 0.869. The van der Waals surface area contributed by atoms with Gasteiger partial charge in [0, 0.05) is 17.3 Å². The van der Waals surface area contributed by atoms with Gasteiger partial charge in [-0.1, -0.05) is 6.07 Å². The fourth-order valence-corrected chi connectivity index (χ4v) is 2.36. The van der Waals surface area contributed by atoms with Crippen LogP contribution in [0.25, 0.3) is 10.9 Å². The molecule has 14 heavy (non-hydrogen) atoms. The number of anilines is 1. The number of hydrogen-bond donors (Lipinski definition) is 1. The highest BCUT2D eigenvalue weighted by molar-refractivity contribution is 5.94. The molecule has 3 rings (SSSR count). The molecule has 0 saturated heterocycles. The zero-order chi connectivity index (χ0) is 9.54. The van der Waals surface area contributed by atoms with E-state index < -0.39 is 0 Å². The van der Waals surface area contributed by atoms with Gasteiger partial charge in [0.05, 0.1) is 5.52 Å². The Morgan fingerprint density at radius 1 is 1.14 bits per heavy atom. The molecule has 1 aliphatic carbocycles. The van der Waals surface area contributed by atoms with Crippen LogP contribution in [0.4, 0.5) is 5.69 Å². The summed E-state index contributed by atoms with van der Waals surface area (Å²) in [6.45, 7) is 0. The van der Waals surface area contributed by atoms with Crippen molar-refractivity contribution in [3.63, 3.8) is 0 Å². The van der Waals surface area contributed by atoms with E-state index in [0.29, 0.717) is 0 Å². The molecule has 0 radical (unpaired) electrons. The minimum Gasteiger partial charge on any atom is -0.398 e. The molecule has 1 heterocycles. The third kappa shape index (κ3) is 0.939. The second kappa shape index (κ2) is 2.71. The molecule has 0 unspecified atom stereocenters. The van der Waals surface area contributed by atoms with Crippen molar-refractivity contribution in [1.29, 1.82) is 0 Å².